The normalized spacial score (nSPS) is 17.7. The summed E-state index contributed by atoms with van der Waals surface area (Å²) in [5.74, 6) is -0.856. The number of hydrogen-bond acceptors (Lipinski definition) is 8. The van der Waals surface area contributed by atoms with Crippen molar-refractivity contribution in [2.24, 2.45) is 11.3 Å². The van der Waals surface area contributed by atoms with Crippen LogP contribution < -0.4 is 0 Å². The van der Waals surface area contributed by atoms with E-state index in [4.69, 9.17) is 28.4 Å². The minimum Gasteiger partial charge on any atom is -0.462 e. The van der Waals surface area contributed by atoms with Crippen LogP contribution in [0.1, 0.15) is 110 Å². The van der Waals surface area contributed by atoms with Crippen LogP contribution in [0.2, 0.25) is 0 Å². The monoisotopic (exact) mass is 546 g/mol. The summed E-state index contributed by atoms with van der Waals surface area (Å²) >= 11 is 0. The minimum atomic E-state index is -1.16. The Morgan fingerprint density at radius 1 is 0.632 bits per heavy atom. The van der Waals surface area contributed by atoms with Crippen LogP contribution in [-0.4, -0.2) is 73.5 Å². The van der Waals surface area contributed by atoms with Gasteiger partial charge in [0.2, 0.25) is 0 Å². The molecule has 0 aromatic carbocycles. The van der Waals surface area contributed by atoms with Gasteiger partial charge in [-0.1, -0.05) is 20.8 Å². The van der Waals surface area contributed by atoms with Gasteiger partial charge in [0.1, 0.15) is 13.2 Å². The van der Waals surface area contributed by atoms with E-state index in [9.17, 15) is 9.59 Å². The molecule has 226 valence electrons. The van der Waals surface area contributed by atoms with Crippen molar-refractivity contribution in [3.63, 3.8) is 0 Å². The highest BCUT2D eigenvalue weighted by atomic mass is 16.6. The highest BCUT2D eigenvalue weighted by molar-refractivity contribution is 5.78. The minimum absolute atomic E-state index is 0.0829. The highest BCUT2D eigenvalue weighted by Crippen LogP contribution is 2.31. The van der Waals surface area contributed by atoms with Gasteiger partial charge in [-0.3, -0.25) is 4.79 Å². The highest BCUT2D eigenvalue weighted by Gasteiger charge is 2.41. The van der Waals surface area contributed by atoms with Crippen molar-refractivity contribution in [1.82, 2.24) is 0 Å². The zero-order valence-corrected chi connectivity index (χ0v) is 26.8. The average molecular weight is 547 g/mol. The maximum absolute atomic E-state index is 12.8. The molecule has 0 fully saturated rings. The quantitative estimate of drug-likeness (QED) is 0.179. The van der Waals surface area contributed by atoms with Gasteiger partial charge in [0, 0.05) is 5.92 Å². The Labute approximate surface area is 232 Å². The molecule has 38 heavy (non-hydrogen) atoms. The van der Waals surface area contributed by atoms with Crippen LogP contribution in [0.15, 0.2) is 0 Å². The van der Waals surface area contributed by atoms with E-state index in [2.05, 4.69) is 6.92 Å². The molecule has 0 aliphatic heterocycles. The number of rotatable bonds is 19. The van der Waals surface area contributed by atoms with E-state index >= 15 is 0 Å². The van der Waals surface area contributed by atoms with Gasteiger partial charge in [-0.25, -0.2) is 4.79 Å². The first-order chi connectivity index (χ1) is 17.3. The van der Waals surface area contributed by atoms with E-state index in [1.807, 2.05) is 76.2 Å². The van der Waals surface area contributed by atoms with Crippen molar-refractivity contribution in [2.75, 3.05) is 19.8 Å². The van der Waals surface area contributed by atoms with Gasteiger partial charge >= 0.3 is 11.9 Å². The van der Waals surface area contributed by atoms with Gasteiger partial charge < -0.3 is 28.4 Å². The molecule has 0 aliphatic carbocycles. The lowest BCUT2D eigenvalue weighted by Gasteiger charge is -2.39. The first kappa shape index (κ1) is 36.8. The van der Waals surface area contributed by atoms with E-state index in [-0.39, 0.29) is 49.5 Å². The van der Waals surface area contributed by atoms with Crippen LogP contribution >= 0.6 is 0 Å². The molecule has 0 rings (SSSR count). The lowest BCUT2D eigenvalue weighted by Crippen LogP contribution is -2.49. The third kappa shape index (κ3) is 12.8. The number of carbonyl (C=O) groups is 2. The van der Waals surface area contributed by atoms with E-state index in [1.54, 1.807) is 13.8 Å². The molecule has 0 amide bonds. The smallest absolute Gasteiger partial charge is 0.337 e. The van der Waals surface area contributed by atoms with E-state index < -0.39 is 28.7 Å². The summed E-state index contributed by atoms with van der Waals surface area (Å²) in [6, 6.07) is 0. The van der Waals surface area contributed by atoms with E-state index in [0.717, 1.165) is 12.8 Å². The van der Waals surface area contributed by atoms with Crippen molar-refractivity contribution in [3.8, 4) is 0 Å². The maximum Gasteiger partial charge on any atom is 0.337 e. The van der Waals surface area contributed by atoms with Crippen molar-refractivity contribution < 1.29 is 38.0 Å². The van der Waals surface area contributed by atoms with Crippen LogP contribution in [0.5, 0.6) is 0 Å². The SMILES string of the molecule is CCC(C)OC(C)COC(=O)C(C)(C)OC(C)(C)C(C)COC(C)C(C)(C)C(=O)OCC(C)OC(C)CC. The summed E-state index contributed by atoms with van der Waals surface area (Å²) in [7, 11) is 0. The van der Waals surface area contributed by atoms with Crippen molar-refractivity contribution in [2.45, 2.75) is 151 Å². The van der Waals surface area contributed by atoms with Crippen molar-refractivity contribution in [1.29, 1.82) is 0 Å². The molecule has 0 heterocycles. The molecule has 8 heteroatoms. The third-order valence-electron chi connectivity index (χ3n) is 7.31. The van der Waals surface area contributed by atoms with Gasteiger partial charge in [0.15, 0.2) is 5.60 Å². The van der Waals surface area contributed by atoms with E-state index in [0.29, 0.717) is 6.61 Å². The molecule has 0 aliphatic rings. The van der Waals surface area contributed by atoms with Crippen molar-refractivity contribution >= 4 is 11.9 Å². The molecule has 0 N–H and O–H groups in total. The molecule has 0 aromatic rings. The summed E-state index contributed by atoms with van der Waals surface area (Å²) in [5.41, 5.74) is -2.71. The van der Waals surface area contributed by atoms with Gasteiger partial charge in [0.05, 0.1) is 48.1 Å². The molecule has 0 saturated carbocycles. The van der Waals surface area contributed by atoms with E-state index in [1.165, 1.54) is 0 Å². The van der Waals surface area contributed by atoms with Crippen molar-refractivity contribution in [3.05, 3.63) is 0 Å². The van der Waals surface area contributed by atoms with Crippen LogP contribution in [0, 0.1) is 11.3 Å². The topological polar surface area (TPSA) is 89.5 Å². The van der Waals surface area contributed by atoms with Gasteiger partial charge in [-0.15, -0.1) is 0 Å². The molecule has 0 bridgehead atoms. The summed E-state index contributed by atoms with van der Waals surface area (Å²) < 4.78 is 35.0. The summed E-state index contributed by atoms with van der Waals surface area (Å²) in [4.78, 5) is 25.6. The maximum atomic E-state index is 12.8. The summed E-state index contributed by atoms with van der Waals surface area (Å²) in [6.07, 6.45) is 1.24. The number of hydrogen-bond donors (Lipinski definition) is 0. The fraction of sp³-hybridized carbons (Fsp3) is 0.933. The molecule has 0 saturated heterocycles. The molecule has 0 radical (unpaired) electrons. The van der Waals surface area contributed by atoms with Crippen LogP contribution in [-0.2, 0) is 38.0 Å². The molecule has 0 aromatic heterocycles. The Kier molecular flexibility index (Phi) is 15.6. The number of ether oxygens (including phenoxy) is 6. The summed E-state index contributed by atoms with van der Waals surface area (Å²) in [5, 5.41) is 0. The predicted octanol–water partition coefficient (Wildman–Crippen LogP) is 6.12. The van der Waals surface area contributed by atoms with Gasteiger partial charge in [0.25, 0.3) is 0 Å². The fourth-order valence-electron chi connectivity index (χ4n) is 3.47. The first-order valence-corrected chi connectivity index (χ1v) is 14.3. The Bertz CT molecular complexity index is 702. The van der Waals surface area contributed by atoms with Crippen LogP contribution in [0.25, 0.3) is 0 Å². The Hall–Kier alpha value is -1.22. The molecule has 6 atom stereocenters. The number of carbonyl (C=O) groups excluding carboxylic acids is 2. The molecule has 8 nitrogen and oxygen atoms in total. The zero-order valence-electron chi connectivity index (χ0n) is 26.8. The summed E-state index contributed by atoms with van der Waals surface area (Å²) in [6.45, 7) is 27.3. The van der Waals surface area contributed by atoms with Crippen LogP contribution in [0.3, 0.4) is 0 Å². The molecular formula is C30H58O8. The Morgan fingerprint density at radius 3 is 1.47 bits per heavy atom. The largest absolute Gasteiger partial charge is 0.462 e. The first-order valence-electron chi connectivity index (χ1n) is 14.3. The second-order valence-corrected chi connectivity index (χ2v) is 12.3. The van der Waals surface area contributed by atoms with Gasteiger partial charge in [-0.2, -0.15) is 0 Å². The number of esters is 2. The Balaban J connectivity index is 4.87. The standard InChI is InChI=1S/C30H58O8/c1-15-21(4)36-23(6)18-34-26(31)28(9,10)25(8)33-17-20(3)29(11,12)38-30(13,14)27(32)35-19-24(7)37-22(5)16-2/h20-25H,15-19H2,1-14H3. The van der Waals surface area contributed by atoms with Gasteiger partial charge in [-0.05, 0) is 89.0 Å². The third-order valence-corrected chi connectivity index (χ3v) is 7.31. The fourth-order valence-corrected chi connectivity index (χ4v) is 3.47. The predicted molar refractivity (Wildman–Crippen MR) is 150 cm³/mol. The lowest BCUT2D eigenvalue weighted by atomic mass is 9.87. The second kappa shape index (κ2) is 16.1. The molecular weight excluding hydrogens is 488 g/mol. The Morgan fingerprint density at radius 2 is 1.05 bits per heavy atom. The van der Waals surface area contributed by atoms with Crippen LogP contribution in [0.4, 0.5) is 0 Å². The average Bonchev–Trinajstić information content (AvgIpc) is 2.82. The zero-order chi connectivity index (χ0) is 29.9. The molecule has 0 spiro atoms. The second-order valence-electron chi connectivity index (χ2n) is 12.3. The molecule has 6 unspecified atom stereocenters. The lowest BCUT2D eigenvalue weighted by molar-refractivity contribution is -0.201.